The maximum Gasteiger partial charge on any atom is 0.270 e. The third kappa shape index (κ3) is 5.32. The smallest absolute Gasteiger partial charge is 0.270 e. The number of hydrogen-bond donors (Lipinski definition) is 1. The second-order valence-corrected chi connectivity index (χ2v) is 9.11. The Labute approximate surface area is 226 Å². The zero-order valence-corrected chi connectivity index (χ0v) is 21.6. The Bertz CT molecular complexity index is 1430. The molecule has 36 heavy (non-hydrogen) atoms. The number of thiocarbonyl (C=S) groups is 1. The first-order valence-corrected chi connectivity index (χ1v) is 11.8. The maximum absolute atomic E-state index is 14.4. The van der Waals surface area contributed by atoms with Crippen molar-refractivity contribution in [3.8, 4) is 11.5 Å². The number of carbonyl (C=O) groups is 2. The summed E-state index contributed by atoms with van der Waals surface area (Å²) in [5, 5.41) is 3.27. The predicted octanol–water partition coefficient (Wildman–Crippen LogP) is 6.20. The zero-order valence-electron chi connectivity index (χ0n) is 18.5. The molecule has 0 spiro atoms. The van der Waals surface area contributed by atoms with Gasteiger partial charge >= 0.3 is 0 Å². The van der Waals surface area contributed by atoms with E-state index in [0.29, 0.717) is 21.2 Å². The van der Waals surface area contributed by atoms with Crippen LogP contribution in [0.4, 0.5) is 10.1 Å². The van der Waals surface area contributed by atoms with Gasteiger partial charge in [-0.1, -0.05) is 53.0 Å². The first kappa shape index (κ1) is 25.9. The van der Waals surface area contributed by atoms with Crippen LogP contribution in [0.2, 0.25) is 15.1 Å². The molecule has 2 amide bonds. The van der Waals surface area contributed by atoms with Gasteiger partial charge in [-0.2, -0.15) is 0 Å². The number of anilines is 1. The van der Waals surface area contributed by atoms with Crippen LogP contribution in [0.1, 0.15) is 11.1 Å². The predicted molar refractivity (Wildman–Crippen MR) is 141 cm³/mol. The second kappa shape index (κ2) is 10.8. The molecule has 3 aromatic carbocycles. The molecule has 3 aromatic rings. The molecule has 0 bridgehead atoms. The Morgan fingerprint density at radius 2 is 1.81 bits per heavy atom. The van der Waals surface area contributed by atoms with E-state index in [1.807, 2.05) is 0 Å². The van der Waals surface area contributed by atoms with E-state index >= 15 is 0 Å². The van der Waals surface area contributed by atoms with Crippen molar-refractivity contribution in [3.05, 3.63) is 92.2 Å². The van der Waals surface area contributed by atoms with E-state index in [1.165, 1.54) is 37.5 Å². The van der Waals surface area contributed by atoms with Crippen LogP contribution in [-0.4, -0.2) is 24.0 Å². The van der Waals surface area contributed by atoms with E-state index in [4.69, 9.17) is 56.5 Å². The Balaban J connectivity index is 1.65. The number of rotatable bonds is 6. The minimum atomic E-state index is -0.790. The summed E-state index contributed by atoms with van der Waals surface area (Å²) in [4.78, 5) is 26.7. The third-order valence-corrected chi connectivity index (χ3v) is 6.30. The van der Waals surface area contributed by atoms with Gasteiger partial charge in [0.05, 0.1) is 17.8 Å². The van der Waals surface area contributed by atoms with Gasteiger partial charge in [-0.3, -0.25) is 14.9 Å². The van der Waals surface area contributed by atoms with E-state index in [2.05, 4.69) is 5.32 Å². The van der Waals surface area contributed by atoms with Crippen molar-refractivity contribution in [2.75, 3.05) is 12.0 Å². The van der Waals surface area contributed by atoms with Crippen LogP contribution >= 0.6 is 47.0 Å². The van der Waals surface area contributed by atoms with E-state index < -0.39 is 17.6 Å². The van der Waals surface area contributed by atoms with Crippen molar-refractivity contribution in [3.63, 3.8) is 0 Å². The molecule has 0 saturated carbocycles. The molecular weight excluding hydrogens is 550 g/mol. The summed E-state index contributed by atoms with van der Waals surface area (Å²) in [5.41, 5.74) is 0.692. The summed E-state index contributed by atoms with van der Waals surface area (Å²) in [7, 11) is 1.42. The molecule has 0 aromatic heterocycles. The summed E-state index contributed by atoms with van der Waals surface area (Å²) in [6, 6.07) is 13.6. The van der Waals surface area contributed by atoms with Gasteiger partial charge < -0.3 is 9.47 Å². The highest BCUT2D eigenvalue weighted by Crippen LogP contribution is 2.38. The molecule has 0 radical (unpaired) electrons. The van der Waals surface area contributed by atoms with Crippen LogP contribution in [-0.2, 0) is 16.2 Å². The molecule has 6 nitrogen and oxygen atoms in total. The summed E-state index contributed by atoms with van der Waals surface area (Å²) < 4.78 is 25.6. The standard InChI is InChI=1S/C25H16Cl3FN2O4S/c1-34-21-10-13(9-18(28)22(21)35-12-14-6-7-15(26)11-17(14)27)8-16-23(32)30-25(36)31(24(16)33)20-5-3-2-4-19(20)29/h2-11H,12H2,1H3,(H,30,32,36)/b16-8+. The normalized spacial score (nSPS) is 14.8. The Morgan fingerprint density at radius 3 is 2.50 bits per heavy atom. The number of amides is 2. The molecule has 1 N–H and O–H groups in total. The number of benzene rings is 3. The van der Waals surface area contributed by atoms with Gasteiger partial charge in [0.2, 0.25) is 0 Å². The van der Waals surface area contributed by atoms with Crippen molar-refractivity contribution in [1.82, 2.24) is 5.32 Å². The summed E-state index contributed by atoms with van der Waals surface area (Å²) >= 11 is 23.7. The molecule has 0 atom stereocenters. The molecule has 1 heterocycles. The number of halogens is 4. The first-order valence-electron chi connectivity index (χ1n) is 10.3. The van der Waals surface area contributed by atoms with Gasteiger partial charge in [-0.15, -0.1) is 0 Å². The number of para-hydroxylation sites is 1. The van der Waals surface area contributed by atoms with Crippen molar-refractivity contribution in [2.24, 2.45) is 0 Å². The number of hydrogen-bond acceptors (Lipinski definition) is 5. The largest absolute Gasteiger partial charge is 0.493 e. The highest BCUT2D eigenvalue weighted by atomic mass is 35.5. The molecule has 1 aliphatic rings. The molecule has 11 heteroatoms. The third-order valence-electron chi connectivity index (χ3n) is 5.14. The lowest BCUT2D eigenvalue weighted by atomic mass is 10.1. The molecule has 184 valence electrons. The first-order chi connectivity index (χ1) is 17.2. The maximum atomic E-state index is 14.4. The van der Waals surface area contributed by atoms with Gasteiger partial charge in [-0.05, 0) is 60.3 Å². The Kier molecular flexibility index (Phi) is 7.80. The van der Waals surface area contributed by atoms with E-state index in [-0.39, 0.29) is 39.5 Å². The van der Waals surface area contributed by atoms with E-state index in [9.17, 15) is 14.0 Å². The fourth-order valence-electron chi connectivity index (χ4n) is 3.43. The highest BCUT2D eigenvalue weighted by Gasteiger charge is 2.35. The lowest BCUT2D eigenvalue weighted by Gasteiger charge is -2.29. The van der Waals surface area contributed by atoms with Gasteiger partial charge in [0, 0.05) is 15.6 Å². The molecular formula is C25H16Cl3FN2O4S. The summed E-state index contributed by atoms with van der Waals surface area (Å²) in [6.45, 7) is 0.0858. The van der Waals surface area contributed by atoms with Gasteiger partial charge in [-0.25, -0.2) is 9.29 Å². The second-order valence-electron chi connectivity index (χ2n) is 7.47. The summed E-state index contributed by atoms with van der Waals surface area (Å²) in [6.07, 6.45) is 1.31. The van der Waals surface area contributed by atoms with Crippen molar-refractivity contribution in [1.29, 1.82) is 0 Å². The SMILES string of the molecule is COc1cc(/C=C2\C(=O)NC(=S)N(c3ccccc3F)C2=O)cc(Cl)c1OCc1ccc(Cl)cc1Cl. The average molecular weight is 566 g/mol. The van der Waals surface area contributed by atoms with Crippen LogP contribution < -0.4 is 19.7 Å². The summed E-state index contributed by atoms with van der Waals surface area (Å²) in [5.74, 6) is -1.70. The lowest BCUT2D eigenvalue weighted by molar-refractivity contribution is -0.122. The number of ether oxygens (including phenoxy) is 2. The Hall–Kier alpha value is -3.17. The van der Waals surface area contributed by atoms with E-state index in [0.717, 1.165) is 4.90 Å². The minimum Gasteiger partial charge on any atom is -0.493 e. The van der Waals surface area contributed by atoms with Crippen LogP contribution in [0.3, 0.4) is 0 Å². The van der Waals surface area contributed by atoms with Crippen LogP contribution in [0.15, 0.2) is 60.2 Å². The molecule has 0 unspecified atom stereocenters. The van der Waals surface area contributed by atoms with Gasteiger partial charge in [0.1, 0.15) is 18.0 Å². The van der Waals surface area contributed by atoms with Gasteiger partial charge in [0.15, 0.2) is 16.6 Å². The minimum absolute atomic E-state index is 0.0846. The van der Waals surface area contributed by atoms with Crippen LogP contribution in [0.5, 0.6) is 11.5 Å². The monoisotopic (exact) mass is 564 g/mol. The highest BCUT2D eigenvalue weighted by molar-refractivity contribution is 7.80. The molecule has 1 saturated heterocycles. The van der Waals surface area contributed by atoms with Gasteiger partial charge in [0.25, 0.3) is 11.8 Å². The molecule has 0 aliphatic carbocycles. The molecule has 4 rings (SSSR count). The number of methoxy groups -OCH3 is 1. The number of nitrogens with one attached hydrogen (secondary N) is 1. The quantitative estimate of drug-likeness (QED) is 0.219. The lowest BCUT2D eigenvalue weighted by Crippen LogP contribution is -2.54. The Morgan fingerprint density at radius 1 is 1.06 bits per heavy atom. The average Bonchev–Trinajstić information content (AvgIpc) is 2.83. The van der Waals surface area contributed by atoms with Crippen LogP contribution in [0, 0.1) is 5.82 Å². The topological polar surface area (TPSA) is 67.9 Å². The number of carbonyl (C=O) groups excluding carboxylic acids is 2. The zero-order chi connectivity index (χ0) is 26.0. The molecule has 1 fully saturated rings. The van der Waals surface area contributed by atoms with Crippen molar-refractivity contribution in [2.45, 2.75) is 6.61 Å². The number of nitrogens with zero attached hydrogens (tertiary/aromatic N) is 1. The van der Waals surface area contributed by atoms with Crippen LogP contribution in [0.25, 0.3) is 6.08 Å². The fourth-order valence-corrected chi connectivity index (χ4v) is 4.44. The fraction of sp³-hybridized carbons (Fsp3) is 0.0800. The molecule has 1 aliphatic heterocycles. The van der Waals surface area contributed by atoms with Crippen molar-refractivity contribution >= 4 is 75.7 Å². The van der Waals surface area contributed by atoms with Crippen molar-refractivity contribution < 1.29 is 23.5 Å². The van der Waals surface area contributed by atoms with E-state index in [1.54, 1.807) is 30.3 Å².